The van der Waals surface area contributed by atoms with Crippen LogP contribution in [0.4, 0.5) is 5.95 Å². The molecule has 100 valence electrons. The summed E-state index contributed by atoms with van der Waals surface area (Å²) in [7, 11) is 0. The molecule has 19 heavy (non-hydrogen) atoms. The summed E-state index contributed by atoms with van der Waals surface area (Å²) < 4.78 is 2.01. The van der Waals surface area contributed by atoms with Gasteiger partial charge in [-0.05, 0) is 13.8 Å². The van der Waals surface area contributed by atoms with E-state index in [1.807, 2.05) is 17.7 Å². The number of carboxylic acid groups (broad SMARTS) is 1. The van der Waals surface area contributed by atoms with Crippen LogP contribution in [0.3, 0.4) is 0 Å². The molecule has 2 aromatic heterocycles. The van der Waals surface area contributed by atoms with Crippen molar-refractivity contribution in [1.82, 2.24) is 19.5 Å². The minimum absolute atomic E-state index is 0.112. The Kier molecular flexibility index (Phi) is 3.74. The maximum Gasteiger partial charge on any atom is 0.339 e. The summed E-state index contributed by atoms with van der Waals surface area (Å²) in [5.41, 5.74) is 0.546. The Labute approximate surface area is 110 Å². The van der Waals surface area contributed by atoms with Crippen LogP contribution >= 0.6 is 0 Å². The van der Waals surface area contributed by atoms with Crippen molar-refractivity contribution in [3.8, 4) is 0 Å². The van der Waals surface area contributed by atoms with Crippen molar-refractivity contribution in [1.29, 1.82) is 0 Å². The summed E-state index contributed by atoms with van der Waals surface area (Å²) in [4.78, 5) is 23.2. The van der Waals surface area contributed by atoms with E-state index in [0.29, 0.717) is 18.2 Å². The fourth-order valence-electron chi connectivity index (χ4n) is 1.72. The molecule has 0 aliphatic carbocycles. The summed E-state index contributed by atoms with van der Waals surface area (Å²) in [6.45, 7) is 5.01. The molecular formula is C12H15N5O2. The van der Waals surface area contributed by atoms with E-state index < -0.39 is 5.97 Å². The molecule has 0 spiro atoms. The maximum absolute atomic E-state index is 10.8. The molecule has 0 aliphatic rings. The molecule has 2 heterocycles. The average molecular weight is 261 g/mol. The van der Waals surface area contributed by atoms with Crippen molar-refractivity contribution >= 4 is 11.9 Å². The monoisotopic (exact) mass is 261 g/mol. The van der Waals surface area contributed by atoms with Crippen LogP contribution < -0.4 is 5.32 Å². The van der Waals surface area contributed by atoms with E-state index in [1.54, 1.807) is 13.1 Å². The van der Waals surface area contributed by atoms with E-state index in [-0.39, 0.29) is 5.56 Å². The third-order valence-corrected chi connectivity index (χ3v) is 2.76. The second-order valence-corrected chi connectivity index (χ2v) is 3.98. The summed E-state index contributed by atoms with van der Waals surface area (Å²) in [6.07, 6.45) is 4.94. The summed E-state index contributed by atoms with van der Waals surface area (Å²) in [5, 5.41) is 11.9. The number of nitrogens with zero attached hydrogens (tertiary/aromatic N) is 4. The van der Waals surface area contributed by atoms with Gasteiger partial charge in [0, 0.05) is 25.1 Å². The fourth-order valence-corrected chi connectivity index (χ4v) is 1.72. The predicted molar refractivity (Wildman–Crippen MR) is 69.0 cm³/mol. The molecule has 0 saturated heterocycles. The normalized spacial score (nSPS) is 10.4. The number of carboxylic acids is 1. The molecule has 0 radical (unpaired) electrons. The maximum atomic E-state index is 10.8. The van der Waals surface area contributed by atoms with Gasteiger partial charge in [-0.1, -0.05) is 0 Å². The Morgan fingerprint density at radius 1 is 1.47 bits per heavy atom. The lowest BCUT2D eigenvalue weighted by atomic mass is 10.2. The number of aromatic nitrogens is 4. The molecule has 0 aliphatic heterocycles. The number of nitrogens with one attached hydrogen (secondary N) is 1. The van der Waals surface area contributed by atoms with Gasteiger partial charge in [0.2, 0.25) is 5.95 Å². The number of imidazole rings is 1. The molecule has 0 bridgehead atoms. The van der Waals surface area contributed by atoms with Crippen LogP contribution in [0.2, 0.25) is 0 Å². The lowest BCUT2D eigenvalue weighted by molar-refractivity contribution is 0.0695. The van der Waals surface area contributed by atoms with Gasteiger partial charge in [-0.3, -0.25) is 0 Å². The van der Waals surface area contributed by atoms with Crippen molar-refractivity contribution in [3.63, 3.8) is 0 Å². The Bertz CT molecular complexity index is 594. The van der Waals surface area contributed by atoms with E-state index in [9.17, 15) is 4.79 Å². The fraction of sp³-hybridized carbons (Fsp3) is 0.333. The molecule has 0 amide bonds. The van der Waals surface area contributed by atoms with Gasteiger partial charge in [0.1, 0.15) is 5.82 Å². The van der Waals surface area contributed by atoms with Crippen molar-refractivity contribution in [2.45, 2.75) is 26.9 Å². The van der Waals surface area contributed by atoms with Crippen LogP contribution in [0.25, 0.3) is 0 Å². The topological polar surface area (TPSA) is 92.9 Å². The third kappa shape index (κ3) is 2.87. The zero-order valence-corrected chi connectivity index (χ0v) is 10.8. The molecule has 7 heteroatoms. The zero-order chi connectivity index (χ0) is 13.8. The number of aromatic carboxylic acids is 1. The van der Waals surface area contributed by atoms with Gasteiger partial charge in [0.25, 0.3) is 0 Å². The van der Waals surface area contributed by atoms with E-state index in [2.05, 4.69) is 20.3 Å². The van der Waals surface area contributed by atoms with Gasteiger partial charge in [0.15, 0.2) is 0 Å². The van der Waals surface area contributed by atoms with Gasteiger partial charge in [-0.15, -0.1) is 0 Å². The number of hydrogen-bond donors (Lipinski definition) is 2. The zero-order valence-electron chi connectivity index (χ0n) is 10.8. The van der Waals surface area contributed by atoms with Gasteiger partial charge in [-0.2, -0.15) is 0 Å². The predicted octanol–water partition coefficient (Wildman–Crippen LogP) is 1.31. The van der Waals surface area contributed by atoms with Gasteiger partial charge in [0.05, 0.1) is 17.8 Å². The van der Waals surface area contributed by atoms with Crippen LogP contribution in [-0.4, -0.2) is 30.6 Å². The summed E-state index contributed by atoms with van der Waals surface area (Å²) in [5.74, 6) is 0.254. The lowest BCUT2D eigenvalue weighted by Gasteiger charge is -2.07. The first-order chi connectivity index (χ1) is 9.11. The molecule has 0 fully saturated rings. The Hall–Kier alpha value is -2.44. The minimum atomic E-state index is -1.02. The first kappa shape index (κ1) is 13.0. The molecule has 2 N–H and O–H groups in total. The molecular weight excluding hydrogens is 246 g/mol. The Balaban J connectivity index is 2.08. The molecule has 0 unspecified atom stereocenters. The Morgan fingerprint density at radius 3 is 2.89 bits per heavy atom. The molecule has 7 nitrogen and oxygen atoms in total. The Morgan fingerprint density at radius 2 is 2.26 bits per heavy atom. The number of carbonyl (C=O) groups is 1. The van der Waals surface area contributed by atoms with Crippen LogP contribution in [0.5, 0.6) is 0 Å². The highest BCUT2D eigenvalue weighted by Gasteiger charge is 2.10. The minimum Gasteiger partial charge on any atom is -0.478 e. The lowest BCUT2D eigenvalue weighted by Crippen LogP contribution is -2.11. The largest absolute Gasteiger partial charge is 0.478 e. The molecule has 0 saturated carbocycles. The summed E-state index contributed by atoms with van der Waals surface area (Å²) >= 11 is 0. The standard InChI is InChI=1S/C12H15N5O2/c1-3-17-5-4-13-10(17)7-15-12-14-6-9(11(18)19)8(2)16-12/h4-6H,3,7H2,1-2H3,(H,18,19)(H,14,15,16). The van der Waals surface area contributed by atoms with Crippen molar-refractivity contribution in [2.24, 2.45) is 0 Å². The van der Waals surface area contributed by atoms with Gasteiger partial charge < -0.3 is 15.0 Å². The quantitative estimate of drug-likeness (QED) is 0.843. The number of rotatable bonds is 5. The van der Waals surface area contributed by atoms with E-state index in [1.165, 1.54) is 6.20 Å². The number of aryl methyl sites for hydroxylation is 2. The molecule has 2 aromatic rings. The average Bonchev–Trinajstić information content (AvgIpc) is 2.83. The van der Waals surface area contributed by atoms with Gasteiger partial charge in [-0.25, -0.2) is 19.7 Å². The third-order valence-electron chi connectivity index (χ3n) is 2.76. The first-order valence-electron chi connectivity index (χ1n) is 5.92. The van der Waals surface area contributed by atoms with E-state index >= 15 is 0 Å². The highest BCUT2D eigenvalue weighted by Crippen LogP contribution is 2.08. The highest BCUT2D eigenvalue weighted by molar-refractivity contribution is 5.88. The van der Waals surface area contributed by atoms with E-state index in [0.717, 1.165) is 12.4 Å². The number of anilines is 1. The van der Waals surface area contributed by atoms with Crippen LogP contribution in [0.15, 0.2) is 18.6 Å². The summed E-state index contributed by atoms with van der Waals surface area (Å²) in [6, 6.07) is 0. The van der Waals surface area contributed by atoms with Crippen LogP contribution in [-0.2, 0) is 13.1 Å². The van der Waals surface area contributed by atoms with Gasteiger partial charge >= 0.3 is 5.97 Å². The second kappa shape index (κ2) is 5.47. The van der Waals surface area contributed by atoms with Crippen molar-refractivity contribution in [3.05, 3.63) is 35.7 Å². The first-order valence-corrected chi connectivity index (χ1v) is 5.92. The molecule has 0 atom stereocenters. The second-order valence-electron chi connectivity index (χ2n) is 3.98. The van der Waals surface area contributed by atoms with Crippen LogP contribution in [0, 0.1) is 6.92 Å². The van der Waals surface area contributed by atoms with Crippen molar-refractivity contribution < 1.29 is 9.90 Å². The molecule has 0 aromatic carbocycles. The molecule has 2 rings (SSSR count). The highest BCUT2D eigenvalue weighted by atomic mass is 16.4. The number of hydrogen-bond acceptors (Lipinski definition) is 5. The van der Waals surface area contributed by atoms with E-state index in [4.69, 9.17) is 5.11 Å². The smallest absolute Gasteiger partial charge is 0.339 e. The van der Waals surface area contributed by atoms with Crippen LogP contribution in [0.1, 0.15) is 28.8 Å². The van der Waals surface area contributed by atoms with Crippen molar-refractivity contribution in [2.75, 3.05) is 5.32 Å². The SMILES string of the molecule is CCn1ccnc1CNc1ncc(C(=O)O)c(C)n1.